The number of rotatable bonds is 9. The summed E-state index contributed by atoms with van der Waals surface area (Å²) in [6.45, 7) is 11.1. The summed E-state index contributed by atoms with van der Waals surface area (Å²) in [7, 11) is 2.23. The molecule has 1 aliphatic heterocycles. The zero-order chi connectivity index (χ0) is 13.2. The van der Waals surface area contributed by atoms with Gasteiger partial charge < -0.3 is 9.80 Å². The number of unbranched alkanes of at least 4 members (excludes halogenated alkanes) is 2. The first kappa shape index (κ1) is 16.0. The molecular formula is C16H34N2. The first-order valence-electron chi connectivity index (χ1n) is 8.17. The first-order chi connectivity index (χ1) is 8.76. The lowest BCUT2D eigenvalue weighted by Gasteiger charge is -2.32. The van der Waals surface area contributed by atoms with Gasteiger partial charge in [-0.15, -0.1) is 0 Å². The lowest BCUT2D eigenvalue weighted by atomic mass is 9.94. The van der Waals surface area contributed by atoms with Crippen LogP contribution in [0, 0.1) is 5.92 Å². The highest BCUT2D eigenvalue weighted by Crippen LogP contribution is 2.18. The van der Waals surface area contributed by atoms with Crippen molar-refractivity contribution in [1.29, 1.82) is 0 Å². The van der Waals surface area contributed by atoms with E-state index in [0.29, 0.717) is 0 Å². The summed E-state index contributed by atoms with van der Waals surface area (Å²) < 4.78 is 0. The van der Waals surface area contributed by atoms with Gasteiger partial charge in [-0.3, -0.25) is 0 Å². The van der Waals surface area contributed by atoms with Crippen LogP contribution >= 0.6 is 0 Å². The minimum atomic E-state index is 0.999. The Bertz CT molecular complexity index is 186. The van der Waals surface area contributed by atoms with Crippen molar-refractivity contribution in [2.45, 2.75) is 58.8 Å². The average molecular weight is 254 g/mol. The van der Waals surface area contributed by atoms with E-state index in [1.807, 2.05) is 0 Å². The van der Waals surface area contributed by atoms with Crippen LogP contribution in [0.25, 0.3) is 0 Å². The van der Waals surface area contributed by atoms with Crippen molar-refractivity contribution in [2.75, 3.05) is 39.8 Å². The fourth-order valence-corrected chi connectivity index (χ4v) is 2.98. The SMILES string of the molecule is CCC[C@H](CC)CCCCCN1CCN(C)CC1. The van der Waals surface area contributed by atoms with Gasteiger partial charge in [0.2, 0.25) is 0 Å². The average Bonchev–Trinajstić information content (AvgIpc) is 2.39. The van der Waals surface area contributed by atoms with Gasteiger partial charge in [0, 0.05) is 26.2 Å². The van der Waals surface area contributed by atoms with Crippen LogP contribution in [0.3, 0.4) is 0 Å². The van der Waals surface area contributed by atoms with Crippen LogP contribution in [-0.2, 0) is 0 Å². The van der Waals surface area contributed by atoms with E-state index >= 15 is 0 Å². The number of piperazine rings is 1. The lowest BCUT2D eigenvalue weighted by Crippen LogP contribution is -2.44. The molecule has 0 aromatic carbocycles. The molecule has 0 aromatic heterocycles. The van der Waals surface area contributed by atoms with Crippen molar-refractivity contribution in [2.24, 2.45) is 5.92 Å². The fraction of sp³-hybridized carbons (Fsp3) is 1.00. The number of hydrogen-bond donors (Lipinski definition) is 0. The highest BCUT2D eigenvalue weighted by molar-refractivity contribution is 4.69. The molecule has 0 amide bonds. The van der Waals surface area contributed by atoms with E-state index in [9.17, 15) is 0 Å². The third kappa shape index (κ3) is 6.75. The Morgan fingerprint density at radius 1 is 0.889 bits per heavy atom. The summed E-state index contributed by atoms with van der Waals surface area (Å²) in [5.41, 5.74) is 0. The molecule has 1 fully saturated rings. The highest BCUT2D eigenvalue weighted by Gasteiger charge is 2.12. The highest BCUT2D eigenvalue weighted by atomic mass is 15.2. The van der Waals surface area contributed by atoms with Gasteiger partial charge in [0.15, 0.2) is 0 Å². The number of nitrogens with zero attached hydrogens (tertiary/aromatic N) is 2. The largest absolute Gasteiger partial charge is 0.304 e. The second-order valence-corrected chi connectivity index (χ2v) is 6.06. The molecule has 0 spiro atoms. The predicted molar refractivity (Wildman–Crippen MR) is 81.1 cm³/mol. The third-order valence-electron chi connectivity index (χ3n) is 4.46. The molecule has 0 radical (unpaired) electrons. The summed E-state index contributed by atoms with van der Waals surface area (Å²) in [5, 5.41) is 0. The monoisotopic (exact) mass is 254 g/mol. The Morgan fingerprint density at radius 3 is 2.22 bits per heavy atom. The summed E-state index contributed by atoms with van der Waals surface area (Å²) >= 11 is 0. The smallest absolute Gasteiger partial charge is 0.0110 e. The topological polar surface area (TPSA) is 6.48 Å². The molecular weight excluding hydrogens is 220 g/mol. The molecule has 1 heterocycles. The molecule has 1 aliphatic rings. The van der Waals surface area contributed by atoms with Crippen LogP contribution in [0.2, 0.25) is 0 Å². The Labute approximate surface area is 115 Å². The van der Waals surface area contributed by atoms with E-state index in [-0.39, 0.29) is 0 Å². The minimum absolute atomic E-state index is 0.999. The van der Waals surface area contributed by atoms with Gasteiger partial charge in [0.25, 0.3) is 0 Å². The molecule has 0 bridgehead atoms. The van der Waals surface area contributed by atoms with Crippen molar-refractivity contribution >= 4 is 0 Å². The van der Waals surface area contributed by atoms with Gasteiger partial charge in [-0.05, 0) is 25.9 Å². The van der Waals surface area contributed by atoms with E-state index in [4.69, 9.17) is 0 Å². The van der Waals surface area contributed by atoms with E-state index in [1.54, 1.807) is 0 Å². The Hall–Kier alpha value is -0.0800. The predicted octanol–water partition coefficient (Wildman–Crippen LogP) is 3.62. The van der Waals surface area contributed by atoms with Crippen molar-refractivity contribution in [3.8, 4) is 0 Å². The molecule has 0 aromatic rings. The fourth-order valence-electron chi connectivity index (χ4n) is 2.98. The van der Waals surface area contributed by atoms with Crippen molar-refractivity contribution in [3.05, 3.63) is 0 Å². The summed E-state index contributed by atoms with van der Waals surface area (Å²) in [6.07, 6.45) is 9.94. The molecule has 0 unspecified atom stereocenters. The van der Waals surface area contributed by atoms with Gasteiger partial charge in [-0.1, -0.05) is 52.4 Å². The number of hydrogen-bond acceptors (Lipinski definition) is 2. The summed E-state index contributed by atoms with van der Waals surface area (Å²) in [6, 6.07) is 0. The van der Waals surface area contributed by atoms with E-state index in [1.165, 1.54) is 77.7 Å². The number of likely N-dealkylation sites (N-methyl/N-ethyl adjacent to an activating group) is 1. The molecule has 108 valence electrons. The summed E-state index contributed by atoms with van der Waals surface area (Å²) in [4.78, 5) is 5.08. The van der Waals surface area contributed by atoms with Gasteiger partial charge >= 0.3 is 0 Å². The first-order valence-corrected chi connectivity index (χ1v) is 8.17. The quantitative estimate of drug-likeness (QED) is 0.580. The van der Waals surface area contributed by atoms with Crippen LogP contribution in [0.4, 0.5) is 0 Å². The van der Waals surface area contributed by atoms with E-state index in [2.05, 4.69) is 30.7 Å². The summed E-state index contributed by atoms with van der Waals surface area (Å²) in [5.74, 6) is 0.999. The Balaban J connectivity index is 1.94. The lowest BCUT2D eigenvalue weighted by molar-refractivity contribution is 0.151. The van der Waals surface area contributed by atoms with Crippen LogP contribution in [0.5, 0.6) is 0 Å². The van der Waals surface area contributed by atoms with Crippen molar-refractivity contribution < 1.29 is 0 Å². The molecule has 2 heteroatoms. The molecule has 2 nitrogen and oxygen atoms in total. The zero-order valence-electron chi connectivity index (χ0n) is 13.0. The van der Waals surface area contributed by atoms with E-state index in [0.717, 1.165) is 5.92 Å². The molecule has 1 saturated heterocycles. The molecule has 18 heavy (non-hydrogen) atoms. The van der Waals surface area contributed by atoms with Crippen LogP contribution in [0.15, 0.2) is 0 Å². The third-order valence-corrected chi connectivity index (χ3v) is 4.46. The Morgan fingerprint density at radius 2 is 1.61 bits per heavy atom. The van der Waals surface area contributed by atoms with Gasteiger partial charge in [0.1, 0.15) is 0 Å². The zero-order valence-corrected chi connectivity index (χ0v) is 13.0. The van der Waals surface area contributed by atoms with Gasteiger partial charge in [-0.25, -0.2) is 0 Å². The van der Waals surface area contributed by atoms with E-state index < -0.39 is 0 Å². The Kier molecular flexibility index (Phi) is 8.70. The van der Waals surface area contributed by atoms with Crippen molar-refractivity contribution in [3.63, 3.8) is 0 Å². The second-order valence-electron chi connectivity index (χ2n) is 6.06. The maximum Gasteiger partial charge on any atom is 0.0110 e. The van der Waals surface area contributed by atoms with Crippen molar-refractivity contribution in [1.82, 2.24) is 9.80 Å². The molecule has 0 aliphatic carbocycles. The normalized spacial score (nSPS) is 20.2. The van der Waals surface area contributed by atoms with Gasteiger partial charge in [0.05, 0.1) is 0 Å². The van der Waals surface area contributed by atoms with Crippen LogP contribution in [0.1, 0.15) is 58.8 Å². The van der Waals surface area contributed by atoms with Crippen LogP contribution < -0.4 is 0 Å². The maximum absolute atomic E-state index is 2.64. The standard InChI is InChI=1S/C16H34N2/c1-4-9-16(5-2)10-7-6-8-11-18-14-12-17(3)13-15-18/h16H,4-15H2,1-3H3/t16-/m0/s1. The van der Waals surface area contributed by atoms with Crippen LogP contribution in [-0.4, -0.2) is 49.6 Å². The molecule has 1 rings (SSSR count). The molecule has 0 N–H and O–H groups in total. The minimum Gasteiger partial charge on any atom is -0.304 e. The maximum atomic E-state index is 2.64. The van der Waals surface area contributed by atoms with Gasteiger partial charge in [-0.2, -0.15) is 0 Å². The second kappa shape index (κ2) is 9.80. The molecule has 0 saturated carbocycles. The molecule has 1 atom stereocenters.